The van der Waals surface area contributed by atoms with Crippen molar-refractivity contribution in [3.63, 3.8) is 0 Å². The zero-order valence-electron chi connectivity index (χ0n) is 21.1. The molecule has 0 N–H and O–H groups in total. The maximum absolute atomic E-state index is 14.7. The molecule has 6 nitrogen and oxygen atoms in total. The second-order valence-electron chi connectivity index (χ2n) is 9.16. The van der Waals surface area contributed by atoms with Crippen LogP contribution in [0.2, 0.25) is 0 Å². The number of halogens is 2. The summed E-state index contributed by atoms with van der Waals surface area (Å²) in [5.41, 5.74) is 2.03. The number of hydrogen-bond acceptors (Lipinski definition) is 4. The van der Waals surface area contributed by atoms with Crippen molar-refractivity contribution in [2.45, 2.75) is 38.8 Å². The van der Waals surface area contributed by atoms with Crippen LogP contribution in [-0.4, -0.2) is 39.8 Å². The van der Waals surface area contributed by atoms with Crippen molar-refractivity contribution in [1.82, 2.24) is 14.7 Å². The Bertz CT molecular complexity index is 1400. The first-order chi connectivity index (χ1) is 18.5. The van der Waals surface area contributed by atoms with Gasteiger partial charge >= 0.3 is 0 Å². The molecule has 1 saturated heterocycles. The number of benzene rings is 3. The normalized spacial score (nSPS) is 15.0. The Morgan fingerprint density at radius 2 is 1.74 bits per heavy atom. The molecule has 1 aliphatic rings. The van der Waals surface area contributed by atoms with Gasteiger partial charge in [-0.3, -0.25) is 4.79 Å². The van der Waals surface area contributed by atoms with E-state index in [1.807, 2.05) is 37.3 Å². The van der Waals surface area contributed by atoms with Gasteiger partial charge in [0.25, 0.3) is 5.91 Å². The van der Waals surface area contributed by atoms with Crippen molar-refractivity contribution in [2.24, 2.45) is 0 Å². The Morgan fingerprint density at radius 3 is 2.42 bits per heavy atom. The van der Waals surface area contributed by atoms with Crippen LogP contribution in [-0.2, 0) is 17.7 Å². The number of aromatic nitrogens is 2. The highest BCUT2D eigenvalue weighted by molar-refractivity contribution is 5.94. The second-order valence-corrected chi connectivity index (χ2v) is 9.16. The first kappa shape index (κ1) is 25.6. The summed E-state index contributed by atoms with van der Waals surface area (Å²) in [5, 5.41) is 4.79. The number of aryl methyl sites for hydroxylation is 1. The van der Waals surface area contributed by atoms with Crippen molar-refractivity contribution in [2.75, 3.05) is 13.2 Å². The zero-order chi connectivity index (χ0) is 26.5. The van der Waals surface area contributed by atoms with E-state index in [0.29, 0.717) is 30.2 Å². The average Bonchev–Trinajstić information content (AvgIpc) is 3.58. The van der Waals surface area contributed by atoms with Gasteiger partial charge in [-0.25, -0.2) is 13.5 Å². The smallest absolute Gasteiger partial charge is 0.257 e. The fourth-order valence-corrected chi connectivity index (χ4v) is 4.65. The van der Waals surface area contributed by atoms with Gasteiger partial charge in [0.2, 0.25) is 5.88 Å². The summed E-state index contributed by atoms with van der Waals surface area (Å²) in [6, 6.07) is 21.5. The highest BCUT2D eigenvalue weighted by Crippen LogP contribution is 2.34. The minimum Gasteiger partial charge on any atom is -0.435 e. The van der Waals surface area contributed by atoms with E-state index in [1.54, 1.807) is 39.9 Å². The standard InChI is InChI=1S/C30H29F2N3O3/c1-2-27-24(20-34(19-22-13-10-18-37-22)29(36)23-14-6-7-15-25(23)31)30(38-28-17-9-8-16-26(28)32)35(33-27)21-11-4-3-5-12-21/h3-9,11-12,14-17,22H,2,10,13,18-20H2,1H3/t22-/m1/s1. The molecule has 4 aromatic rings. The van der Waals surface area contributed by atoms with Gasteiger partial charge in [0.15, 0.2) is 11.6 Å². The molecule has 0 aliphatic carbocycles. The van der Waals surface area contributed by atoms with Gasteiger partial charge in [-0.15, -0.1) is 0 Å². The Hall–Kier alpha value is -4.04. The van der Waals surface area contributed by atoms with Crippen LogP contribution in [0.4, 0.5) is 8.78 Å². The largest absolute Gasteiger partial charge is 0.435 e. The van der Waals surface area contributed by atoms with Crippen LogP contribution < -0.4 is 4.74 Å². The van der Waals surface area contributed by atoms with E-state index in [2.05, 4.69) is 0 Å². The molecule has 0 radical (unpaired) electrons. The molecule has 1 fully saturated rings. The molecular weight excluding hydrogens is 488 g/mol. The third kappa shape index (κ3) is 5.45. The molecule has 0 bridgehead atoms. The fourth-order valence-electron chi connectivity index (χ4n) is 4.65. The molecule has 1 aliphatic heterocycles. The van der Waals surface area contributed by atoms with Crippen molar-refractivity contribution in [3.05, 3.63) is 107 Å². The lowest BCUT2D eigenvalue weighted by Crippen LogP contribution is -2.37. The van der Waals surface area contributed by atoms with Crippen LogP contribution >= 0.6 is 0 Å². The molecular formula is C30H29F2N3O3. The lowest BCUT2D eigenvalue weighted by molar-refractivity contribution is 0.0502. The number of rotatable bonds is 9. The Labute approximate surface area is 220 Å². The summed E-state index contributed by atoms with van der Waals surface area (Å²) >= 11 is 0. The number of carbonyl (C=O) groups excluding carboxylic acids is 1. The fraction of sp³-hybridized carbons (Fsp3) is 0.267. The summed E-state index contributed by atoms with van der Waals surface area (Å²) in [7, 11) is 0. The molecule has 2 heterocycles. The molecule has 0 spiro atoms. The molecule has 8 heteroatoms. The lowest BCUT2D eigenvalue weighted by Gasteiger charge is -2.26. The quantitative estimate of drug-likeness (QED) is 0.261. The van der Waals surface area contributed by atoms with Crippen LogP contribution in [0.15, 0.2) is 78.9 Å². The molecule has 1 atom stereocenters. The highest BCUT2D eigenvalue weighted by Gasteiger charge is 2.29. The molecule has 3 aromatic carbocycles. The second kappa shape index (κ2) is 11.6. The van der Waals surface area contributed by atoms with Gasteiger partial charge in [-0.1, -0.05) is 49.4 Å². The predicted octanol–water partition coefficient (Wildman–Crippen LogP) is 6.33. The minimum atomic E-state index is -0.589. The maximum Gasteiger partial charge on any atom is 0.257 e. The van der Waals surface area contributed by atoms with Crippen molar-refractivity contribution >= 4 is 5.91 Å². The van der Waals surface area contributed by atoms with E-state index in [0.717, 1.165) is 18.5 Å². The molecule has 5 rings (SSSR count). The van der Waals surface area contributed by atoms with E-state index in [-0.39, 0.29) is 30.5 Å². The molecule has 0 unspecified atom stereocenters. The SMILES string of the molecule is CCc1nn(-c2ccccc2)c(Oc2ccccc2F)c1CN(C[C@H]1CCCO1)C(=O)c1ccccc1F. The van der Waals surface area contributed by atoms with Crippen molar-refractivity contribution in [3.8, 4) is 17.3 Å². The van der Waals surface area contributed by atoms with Gasteiger partial charge in [-0.05, 0) is 55.7 Å². The third-order valence-electron chi connectivity index (χ3n) is 6.59. The summed E-state index contributed by atoms with van der Waals surface area (Å²) in [5.74, 6) is -1.22. The molecule has 0 saturated carbocycles. The van der Waals surface area contributed by atoms with E-state index in [4.69, 9.17) is 14.6 Å². The molecule has 1 aromatic heterocycles. The average molecular weight is 518 g/mol. The van der Waals surface area contributed by atoms with Crippen LogP contribution in [0.3, 0.4) is 0 Å². The van der Waals surface area contributed by atoms with Crippen LogP contribution in [0.1, 0.15) is 41.4 Å². The van der Waals surface area contributed by atoms with Gasteiger partial charge in [-0.2, -0.15) is 5.10 Å². The number of hydrogen-bond donors (Lipinski definition) is 0. The van der Waals surface area contributed by atoms with Crippen LogP contribution in [0.5, 0.6) is 11.6 Å². The van der Waals surface area contributed by atoms with E-state index in [9.17, 15) is 13.6 Å². The summed E-state index contributed by atoms with van der Waals surface area (Å²) in [6.07, 6.45) is 2.10. The first-order valence-electron chi connectivity index (χ1n) is 12.8. The maximum atomic E-state index is 14.7. The topological polar surface area (TPSA) is 56.6 Å². The van der Waals surface area contributed by atoms with Gasteiger partial charge < -0.3 is 14.4 Å². The lowest BCUT2D eigenvalue weighted by atomic mass is 10.1. The molecule has 196 valence electrons. The first-order valence-corrected chi connectivity index (χ1v) is 12.8. The van der Waals surface area contributed by atoms with E-state index in [1.165, 1.54) is 18.2 Å². The zero-order valence-corrected chi connectivity index (χ0v) is 21.1. The Balaban J connectivity index is 1.60. The summed E-state index contributed by atoms with van der Waals surface area (Å²) in [4.78, 5) is 15.2. The number of carbonyl (C=O) groups is 1. The van der Waals surface area contributed by atoms with E-state index >= 15 is 0 Å². The number of para-hydroxylation sites is 2. The van der Waals surface area contributed by atoms with Crippen LogP contribution in [0.25, 0.3) is 5.69 Å². The molecule has 1 amide bonds. The summed E-state index contributed by atoms with van der Waals surface area (Å²) < 4.78 is 43.0. The number of ether oxygens (including phenoxy) is 2. The monoisotopic (exact) mass is 517 g/mol. The van der Waals surface area contributed by atoms with Gasteiger partial charge in [0.1, 0.15) is 5.82 Å². The summed E-state index contributed by atoms with van der Waals surface area (Å²) in [6.45, 7) is 2.95. The number of amides is 1. The highest BCUT2D eigenvalue weighted by atomic mass is 19.1. The van der Waals surface area contributed by atoms with Gasteiger partial charge in [0.05, 0.1) is 35.2 Å². The van der Waals surface area contributed by atoms with E-state index < -0.39 is 17.5 Å². The third-order valence-corrected chi connectivity index (χ3v) is 6.59. The minimum absolute atomic E-state index is 0.0180. The molecule has 38 heavy (non-hydrogen) atoms. The Kier molecular flexibility index (Phi) is 7.79. The predicted molar refractivity (Wildman–Crippen MR) is 140 cm³/mol. The Morgan fingerprint density at radius 1 is 1.03 bits per heavy atom. The van der Waals surface area contributed by atoms with Crippen LogP contribution in [0, 0.1) is 11.6 Å². The van der Waals surface area contributed by atoms with Crippen molar-refractivity contribution in [1.29, 1.82) is 0 Å². The van der Waals surface area contributed by atoms with Crippen molar-refractivity contribution < 1.29 is 23.0 Å². The van der Waals surface area contributed by atoms with Gasteiger partial charge in [0, 0.05) is 13.2 Å². The number of nitrogens with zero attached hydrogens (tertiary/aromatic N) is 3.